The lowest BCUT2D eigenvalue weighted by atomic mass is 10.2. The highest BCUT2D eigenvalue weighted by atomic mass is 19.1. The molecular weight excluding hydrogens is 255 g/mol. The Hall–Kier alpha value is -2.69. The SMILES string of the molecule is Nc1nc(NCc2ccccc2F)c2ccccc2n1. The lowest BCUT2D eigenvalue weighted by Crippen LogP contribution is -2.06. The first-order valence-corrected chi connectivity index (χ1v) is 6.23. The first-order valence-electron chi connectivity index (χ1n) is 6.23. The molecule has 0 amide bonds. The van der Waals surface area contributed by atoms with Gasteiger partial charge in [0.15, 0.2) is 0 Å². The Balaban J connectivity index is 1.93. The summed E-state index contributed by atoms with van der Waals surface area (Å²) >= 11 is 0. The molecule has 0 saturated heterocycles. The average Bonchev–Trinajstić information content (AvgIpc) is 2.46. The minimum Gasteiger partial charge on any atom is -0.368 e. The minimum absolute atomic E-state index is 0.194. The Kier molecular flexibility index (Phi) is 3.16. The number of aromatic nitrogens is 2. The summed E-state index contributed by atoms with van der Waals surface area (Å²) in [5, 5.41) is 3.97. The highest BCUT2D eigenvalue weighted by molar-refractivity contribution is 5.89. The molecule has 0 aliphatic heterocycles. The van der Waals surface area contributed by atoms with E-state index in [9.17, 15) is 4.39 Å². The van der Waals surface area contributed by atoms with Crippen molar-refractivity contribution in [1.29, 1.82) is 0 Å². The van der Waals surface area contributed by atoms with Gasteiger partial charge in [-0.05, 0) is 18.2 Å². The normalized spacial score (nSPS) is 10.7. The van der Waals surface area contributed by atoms with E-state index in [-0.39, 0.29) is 11.8 Å². The van der Waals surface area contributed by atoms with Crippen LogP contribution in [-0.2, 0) is 6.54 Å². The number of halogens is 1. The number of rotatable bonds is 3. The first kappa shape index (κ1) is 12.3. The second-order valence-corrected chi connectivity index (χ2v) is 4.39. The molecule has 0 aliphatic carbocycles. The molecule has 0 spiro atoms. The molecule has 3 aromatic rings. The fraction of sp³-hybridized carbons (Fsp3) is 0.0667. The number of nitrogens with two attached hydrogens (primary N) is 1. The molecule has 0 atom stereocenters. The Labute approximate surface area is 115 Å². The largest absolute Gasteiger partial charge is 0.368 e. The van der Waals surface area contributed by atoms with Gasteiger partial charge in [-0.15, -0.1) is 0 Å². The summed E-state index contributed by atoms with van der Waals surface area (Å²) in [5.74, 6) is 0.558. The molecule has 1 heterocycles. The quantitative estimate of drug-likeness (QED) is 0.766. The van der Waals surface area contributed by atoms with Crippen LogP contribution in [0.3, 0.4) is 0 Å². The van der Waals surface area contributed by atoms with Gasteiger partial charge >= 0.3 is 0 Å². The van der Waals surface area contributed by atoms with Crippen LogP contribution in [0, 0.1) is 5.82 Å². The van der Waals surface area contributed by atoms with Crippen LogP contribution in [0.25, 0.3) is 10.9 Å². The summed E-state index contributed by atoms with van der Waals surface area (Å²) < 4.78 is 13.6. The van der Waals surface area contributed by atoms with Gasteiger partial charge in [0.1, 0.15) is 11.6 Å². The van der Waals surface area contributed by atoms with E-state index in [1.165, 1.54) is 6.07 Å². The summed E-state index contributed by atoms with van der Waals surface area (Å²) in [7, 11) is 0. The van der Waals surface area contributed by atoms with Crippen molar-refractivity contribution in [1.82, 2.24) is 9.97 Å². The van der Waals surface area contributed by atoms with E-state index in [1.54, 1.807) is 18.2 Å². The molecule has 5 heteroatoms. The Morgan fingerprint density at radius 3 is 2.60 bits per heavy atom. The van der Waals surface area contributed by atoms with E-state index >= 15 is 0 Å². The number of hydrogen-bond acceptors (Lipinski definition) is 4. The minimum atomic E-state index is -0.244. The maximum atomic E-state index is 13.6. The molecular formula is C15H13FN4. The van der Waals surface area contributed by atoms with Gasteiger partial charge in [-0.25, -0.2) is 9.37 Å². The highest BCUT2D eigenvalue weighted by Crippen LogP contribution is 2.21. The molecule has 0 saturated carbocycles. The number of nitrogens with one attached hydrogen (secondary N) is 1. The predicted molar refractivity (Wildman–Crippen MR) is 77.7 cm³/mol. The molecule has 0 unspecified atom stereocenters. The number of nitrogens with zero attached hydrogens (tertiary/aromatic N) is 2. The third kappa shape index (κ3) is 2.38. The number of nitrogen functional groups attached to an aromatic ring is 1. The topological polar surface area (TPSA) is 63.8 Å². The zero-order chi connectivity index (χ0) is 13.9. The van der Waals surface area contributed by atoms with Crippen molar-refractivity contribution in [2.24, 2.45) is 0 Å². The molecule has 0 bridgehead atoms. The maximum Gasteiger partial charge on any atom is 0.222 e. The summed E-state index contributed by atoms with van der Waals surface area (Å²) in [6.07, 6.45) is 0. The first-order chi connectivity index (χ1) is 9.74. The van der Waals surface area contributed by atoms with E-state index < -0.39 is 0 Å². The summed E-state index contributed by atoms with van der Waals surface area (Å²) in [4.78, 5) is 8.34. The number of para-hydroxylation sites is 1. The third-order valence-electron chi connectivity index (χ3n) is 3.02. The van der Waals surface area contributed by atoms with E-state index in [0.717, 1.165) is 10.9 Å². The van der Waals surface area contributed by atoms with E-state index in [2.05, 4.69) is 15.3 Å². The van der Waals surface area contributed by atoms with Crippen molar-refractivity contribution in [3.8, 4) is 0 Å². The van der Waals surface area contributed by atoms with Crippen molar-refractivity contribution in [2.45, 2.75) is 6.54 Å². The Morgan fingerprint density at radius 1 is 1.00 bits per heavy atom. The number of anilines is 2. The van der Waals surface area contributed by atoms with Gasteiger partial charge in [0.25, 0.3) is 0 Å². The Bertz CT molecular complexity index is 758. The van der Waals surface area contributed by atoms with Crippen LogP contribution in [0.2, 0.25) is 0 Å². The fourth-order valence-electron chi connectivity index (χ4n) is 2.05. The van der Waals surface area contributed by atoms with Crippen LogP contribution in [0.5, 0.6) is 0 Å². The number of hydrogen-bond donors (Lipinski definition) is 2. The van der Waals surface area contributed by atoms with Crippen LogP contribution in [0.1, 0.15) is 5.56 Å². The molecule has 0 aliphatic rings. The van der Waals surface area contributed by atoms with Crippen molar-refractivity contribution < 1.29 is 4.39 Å². The smallest absolute Gasteiger partial charge is 0.222 e. The Morgan fingerprint density at radius 2 is 1.75 bits per heavy atom. The van der Waals surface area contributed by atoms with Crippen LogP contribution < -0.4 is 11.1 Å². The molecule has 3 N–H and O–H groups in total. The molecule has 0 radical (unpaired) electrons. The molecule has 2 aromatic carbocycles. The monoisotopic (exact) mass is 268 g/mol. The van der Waals surface area contributed by atoms with Crippen molar-refractivity contribution in [3.63, 3.8) is 0 Å². The van der Waals surface area contributed by atoms with Crippen molar-refractivity contribution in [3.05, 3.63) is 59.9 Å². The maximum absolute atomic E-state index is 13.6. The van der Waals surface area contributed by atoms with Crippen molar-refractivity contribution in [2.75, 3.05) is 11.1 Å². The molecule has 4 nitrogen and oxygen atoms in total. The lowest BCUT2D eigenvalue weighted by molar-refractivity contribution is 0.613. The van der Waals surface area contributed by atoms with Crippen LogP contribution in [0.4, 0.5) is 16.2 Å². The summed E-state index contributed by atoms with van der Waals surface area (Å²) in [5.41, 5.74) is 7.03. The molecule has 0 fully saturated rings. The third-order valence-corrected chi connectivity index (χ3v) is 3.02. The van der Waals surface area contributed by atoms with Gasteiger partial charge in [-0.3, -0.25) is 0 Å². The average molecular weight is 268 g/mol. The summed E-state index contributed by atoms with van der Waals surface area (Å²) in [6, 6.07) is 14.2. The van der Waals surface area contributed by atoms with Gasteiger partial charge in [0.05, 0.1) is 5.52 Å². The van der Waals surface area contributed by atoms with E-state index in [0.29, 0.717) is 17.9 Å². The molecule has 20 heavy (non-hydrogen) atoms. The molecule has 1 aromatic heterocycles. The van der Waals surface area contributed by atoms with Gasteiger partial charge in [-0.2, -0.15) is 4.98 Å². The predicted octanol–water partition coefficient (Wildman–Crippen LogP) is 2.96. The highest BCUT2D eigenvalue weighted by Gasteiger charge is 2.06. The fourth-order valence-corrected chi connectivity index (χ4v) is 2.05. The van der Waals surface area contributed by atoms with Crippen LogP contribution in [-0.4, -0.2) is 9.97 Å². The van der Waals surface area contributed by atoms with Crippen LogP contribution >= 0.6 is 0 Å². The second-order valence-electron chi connectivity index (χ2n) is 4.39. The zero-order valence-electron chi connectivity index (χ0n) is 10.7. The lowest BCUT2D eigenvalue weighted by Gasteiger charge is -2.09. The van der Waals surface area contributed by atoms with E-state index in [4.69, 9.17) is 5.73 Å². The van der Waals surface area contributed by atoms with Crippen LogP contribution in [0.15, 0.2) is 48.5 Å². The van der Waals surface area contributed by atoms with Gasteiger partial charge in [0.2, 0.25) is 5.95 Å². The van der Waals surface area contributed by atoms with Gasteiger partial charge in [-0.1, -0.05) is 30.3 Å². The van der Waals surface area contributed by atoms with Crippen molar-refractivity contribution >= 4 is 22.7 Å². The van der Waals surface area contributed by atoms with E-state index in [1.807, 2.05) is 24.3 Å². The number of benzene rings is 2. The summed E-state index contributed by atoms with van der Waals surface area (Å²) in [6.45, 7) is 0.340. The number of fused-ring (bicyclic) bond motifs is 1. The second kappa shape index (κ2) is 5.13. The standard InChI is InChI=1S/C15H13FN4/c16-12-7-3-1-5-10(12)9-18-14-11-6-2-4-8-13(11)19-15(17)20-14/h1-8H,9H2,(H3,17,18,19,20). The molecule has 100 valence electrons. The van der Waals surface area contributed by atoms with Gasteiger partial charge < -0.3 is 11.1 Å². The molecule has 3 rings (SSSR count). The zero-order valence-corrected chi connectivity index (χ0v) is 10.7. The van der Waals surface area contributed by atoms with Gasteiger partial charge in [0, 0.05) is 17.5 Å².